The summed E-state index contributed by atoms with van der Waals surface area (Å²) < 4.78 is 11.3. The van der Waals surface area contributed by atoms with Crippen LogP contribution >= 0.6 is 11.3 Å². The van der Waals surface area contributed by atoms with Gasteiger partial charge in [-0.15, -0.1) is 11.3 Å². The number of carbonyl (C=O) groups is 2. The molecule has 8 nitrogen and oxygen atoms in total. The second-order valence-electron chi connectivity index (χ2n) is 11.2. The van der Waals surface area contributed by atoms with Crippen LogP contribution in [0.25, 0.3) is 6.08 Å². The minimum absolute atomic E-state index is 0.00367. The Morgan fingerprint density at radius 3 is 2.61 bits per heavy atom. The first-order valence-corrected chi connectivity index (χ1v) is 13.8. The summed E-state index contributed by atoms with van der Waals surface area (Å²) in [6.45, 7) is 9.49. The summed E-state index contributed by atoms with van der Waals surface area (Å²) in [5, 5.41) is 33.8. The number of cyclic esters (lactones) is 1. The van der Waals surface area contributed by atoms with Crippen molar-refractivity contribution in [3.05, 3.63) is 22.2 Å². The molecule has 6 atom stereocenters. The van der Waals surface area contributed by atoms with Crippen LogP contribution in [0, 0.1) is 17.3 Å². The van der Waals surface area contributed by atoms with E-state index in [1.807, 2.05) is 20.8 Å². The van der Waals surface area contributed by atoms with Crippen LogP contribution in [0.15, 0.2) is 11.5 Å². The molecule has 2 fully saturated rings. The maximum atomic E-state index is 13.3. The van der Waals surface area contributed by atoms with Crippen LogP contribution < -0.4 is 0 Å². The molecule has 0 saturated carbocycles. The van der Waals surface area contributed by atoms with Crippen molar-refractivity contribution in [2.45, 2.75) is 110 Å². The first-order valence-electron chi connectivity index (χ1n) is 12.9. The molecule has 3 N–H and O–H groups in total. The predicted octanol–water partition coefficient (Wildman–Crippen LogP) is 4.01. The smallest absolute Gasteiger partial charge is 0.306 e. The summed E-state index contributed by atoms with van der Waals surface area (Å²) >= 11 is 1.28. The SMILES string of the molecule is CCC1CC(C)CCCC2(C)OC2(O)C(O)C(C=Cc2csc(CO)n2)OC(=O)CCC(C)(C)C1=O. The number of rotatable bonds is 4. The quantitative estimate of drug-likeness (QED) is 0.399. The van der Waals surface area contributed by atoms with Crippen molar-refractivity contribution < 1.29 is 34.4 Å². The van der Waals surface area contributed by atoms with E-state index in [0.717, 1.165) is 25.7 Å². The molecule has 3 rings (SSSR count). The monoisotopic (exact) mass is 523 g/mol. The number of ether oxygens (including phenoxy) is 2. The largest absolute Gasteiger partial charge is 0.455 e. The van der Waals surface area contributed by atoms with Gasteiger partial charge in [-0.2, -0.15) is 0 Å². The number of fused-ring (bicyclic) bond motifs is 1. The molecule has 1 aromatic heterocycles. The maximum absolute atomic E-state index is 13.3. The van der Waals surface area contributed by atoms with Crippen LogP contribution in [0.2, 0.25) is 0 Å². The Kier molecular flexibility index (Phi) is 9.15. The number of thiazole rings is 1. The first-order chi connectivity index (χ1) is 16.8. The molecule has 2 aliphatic rings. The van der Waals surface area contributed by atoms with Crippen molar-refractivity contribution in [2.24, 2.45) is 17.3 Å². The fourth-order valence-electron chi connectivity index (χ4n) is 5.17. The standard InChI is InChI=1S/C27H41NO7S/c1-6-18-14-17(2)8-7-12-26(5)27(33,35-26)24(32)20(10-9-19-16-36-21(15-29)28-19)34-22(30)11-13-25(3,4)23(18)31/h9-10,16-18,20,24,29,32-33H,6-8,11-15H2,1-5H3. The van der Waals surface area contributed by atoms with Gasteiger partial charge in [0.2, 0.25) is 5.79 Å². The fourth-order valence-corrected chi connectivity index (χ4v) is 5.79. The van der Waals surface area contributed by atoms with Gasteiger partial charge in [0.25, 0.3) is 0 Å². The number of hydrogen-bond donors (Lipinski definition) is 3. The van der Waals surface area contributed by atoms with Gasteiger partial charge in [0.05, 0.1) is 12.3 Å². The zero-order valence-corrected chi connectivity index (χ0v) is 22.8. The molecule has 0 spiro atoms. The van der Waals surface area contributed by atoms with Gasteiger partial charge in [-0.05, 0) is 50.7 Å². The topological polar surface area (TPSA) is 129 Å². The van der Waals surface area contributed by atoms with E-state index in [9.17, 15) is 24.9 Å². The molecule has 0 bridgehead atoms. The Labute approximate surface area is 217 Å². The number of esters is 1. The third-order valence-electron chi connectivity index (χ3n) is 7.76. The van der Waals surface area contributed by atoms with Gasteiger partial charge in [-0.3, -0.25) is 9.59 Å². The molecule has 202 valence electrons. The molecule has 0 radical (unpaired) electrons. The molecule has 36 heavy (non-hydrogen) atoms. The molecule has 2 saturated heterocycles. The fraction of sp³-hybridized carbons (Fsp3) is 0.741. The number of hydrogen-bond acceptors (Lipinski definition) is 9. The highest BCUT2D eigenvalue weighted by Crippen LogP contribution is 2.52. The number of ketones is 1. The van der Waals surface area contributed by atoms with E-state index in [1.165, 1.54) is 17.4 Å². The summed E-state index contributed by atoms with van der Waals surface area (Å²) in [7, 11) is 0. The average Bonchev–Trinajstić information content (AvgIpc) is 3.16. The second-order valence-corrected chi connectivity index (χ2v) is 12.1. The van der Waals surface area contributed by atoms with E-state index in [1.54, 1.807) is 18.4 Å². The summed E-state index contributed by atoms with van der Waals surface area (Å²) in [5.74, 6) is -1.99. The van der Waals surface area contributed by atoms with Crippen LogP contribution in [-0.2, 0) is 25.7 Å². The highest BCUT2D eigenvalue weighted by atomic mass is 32.1. The minimum atomic E-state index is -1.85. The van der Waals surface area contributed by atoms with E-state index in [-0.39, 0.29) is 24.7 Å². The van der Waals surface area contributed by atoms with Gasteiger partial charge in [0, 0.05) is 23.1 Å². The van der Waals surface area contributed by atoms with Crippen molar-refractivity contribution in [1.82, 2.24) is 4.98 Å². The van der Waals surface area contributed by atoms with E-state index in [4.69, 9.17) is 9.47 Å². The van der Waals surface area contributed by atoms with E-state index < -0.39 is 35.0 Å². The lowest BCUT2D eigenvalue weighted by Gasteiger charge is -2.30. The molecule has 6 unspecified atom stereocenters. The highest BCUT2D eigenvalue weighted by Gasteiger charge is 2.71. The Hall–Kier alpha value is -1.65. The van der Waals surface area contributed by atoms with Crippen molar-refractivity contribution in [2.75, 3.05) is 0 Å². The summed E-state index contributed by atoms with van der Waals surface area (Å²) in [4.78, 5) is 30.4. The van der Waals surface area contributed by atoms with Crippen molar-refractivity contribution in [3.8, 4) is 0 Å². The van der Waals surface area contributed by atoms with Crippen LogP contribution in [-0.4, -0.2) is 55.7 Å². The Morgan fingerprint density at radius 2 is 1.97 bits per heavy atom. The van der Waals surface area contributed by atoms with Gasteiger partial charge in [0.1, 0.15) is 16.4 Å². The third kappa shape index (κ3) is 6.42. The predicted molar refractivity (Wildman–Crippen MR) is 137 cm³/mol. The van der Waals surface area contributed by atoms with E-state index in [2.05, 4.69) is 11.9 Å². The van der Waals surface area contributed by atoms with Crippen molar-refractivity contribution >= 4 is 29.2 Å². The minimum Gasteiger partial charge on any atom is -0.455 e. The summed E-state index contributed by atoms with van der Waals surface area (Å²) in [6, 6.07) is 0. The lowest BCUT2D eigenvalue weighted by atomic mass is 9.74. The third-order valence-corrected chi connectivity index (χ3v) is 8.61. The van der Waals surface area contributed by atoms with E-state index in [0.29, 0.717) is 29.5 Å². The molecular formula is C27H41NO7S. The van der Waals surface area contributed by atoms with Gasteiger partial charge >= 0.3 is 5.97 Å². The molecule has 0 aliphatic carbocycles. The molecule has 0 aromatic carbocycles. The average molecular weight is 524 g/mol. The number of aliphatic hydroxyl groups excluding tert-OH is 2. The Bertz CT molecular complexity index is 960. The highest BCUT2D eigenvalue weighted by molar-refractivity contribution is 7.09. The number of Topliss-reactive ketones (excluding diaryl/α,β-unsaturated/α-hetero) is 1. The molecule has 2 aliphatic heterocycles. The zero-order valence-electron chi connectivity index (χ0n) is 22.0. The molecule has 9 heteroatoms. The summed E-state index contributed by atoms with van der Waals surface area (Å²) in [6.07, 6.45) is 4.41. The van der Waals surface area contributed by atoms with Gasteiger partial charge in [0.15, 0.2) is 12.2 Å². The first kappa shape index (κ1) is 28.9. The number of carbonyl (C=O) groups excluding carboxylic acids is 2. The molecule has 1 aromatic rings. The van der Waals surface area contributed by atoms with Gasteiger partial charge in [-0.25, -0.2) is 4.98 Å². The molecule has 0 amide bonds. The van der Waals surface area contributed by atoms with Crippen molar-refractivity contribution in [3.63, 3.8) is 0 Å². The number of epoxide rings is 1. The van der Waals surface area contributed by atoms with Crippen molar-refractivity contribution in [1.29, 1.82) is 0 Å². The normalized spacial score (nSPS) is 36.4. The van der Waals surface area contributed by atoms with Gasteiger partial charge < -0.3 is 24.8 Å². The summed E-state index contributed by atoms with van der Waals surface area (Å²) in [5.41, 5.74) is -1.11. The van der Waals surface area contributed by atoms with Gasteiger partial charge in [-0.1, -0.05) is 40.5 Å². The van der Waals surface area contributed by atoms with Crippen LogP contribution in [0.1, 0.15) is 90.3 Å². The van der Waals surface area contributed by atoms with E-state index >= 15 is 0 Å². The number of aromatic nitrogens is 1. The Balaban J connectivity index is 1.85. The van der Waals surface area contributed by atoms with Crippen LogP contribution in [0.3, 0.4) is 0 Å². The molecule has 3 heterocycles. The number of nitrogens with zero attached hydrogens (tertiary/aromatic N) is 1. The van der Waals surface area contributed by atoms with Crippen LogP contribution in [0.5, 0.6) is 0 Å². The number of aliphatic hydroxyl groups is 3. The lowest BCUT2D eigenvalue weighted by Crippen LogP contribution is -2.45. The van der Waals surface area contributed by atoms with Crippen LogP contribution in [0.4, 0.5) is 0 Å². The maximum Gasteiger partial charge on any atom is 0.306 e. The lowest BCUT2D eigenvalue weighted by molar-refractivity contribution is -0.164. The Morgan fingerprint density at radius 1 is 1.25 bits per heavy atom. The molecular weight excluding hydrogens is 482 g/mol. The second kappa shape index (κ2) is 11.4. The zero-order chi connectivity index (χ0) is 26.7.